The van der Waals surface area contributed by atoms with Crippen LogP contribution in [0.3, 0.4) is 0 Å². The van der Waals surface area contributed by atoms with Crippen molar-refractivity contribution in [1.82, 2.24) is 0 Å². The van der Waals surface area contributed by atoms with Crippen LogP contribution < -0.4 is 19.9 Å². The van der Waals surface area contributed by atoms with Gasteiger partial charge in [-0.3, -0.25) is 24.1 Å². The van der Waals surface area contributed by atoms with Crippen molar-refractivity contribution in [3.05, 3.63) is 118 Å². The molecule has 2 aliphatic heterocycles. The number of hydrogen-bond donors (Lipinski definition) is 2. The molecular weight excluding hydrogens is 708 g/mol. The number of allylic oxidation sites excluding steroid dienone is 2. The summed E-state index contributed by atoms with van der Waals surface area (Å²) < 4.78 is 19.6. The van der Waals surface area contributed by atoms with Crippen molar-refractivity contribution in [3.63, 3.8) is 0 Å². The van der Waals surface area contributed by atoms with Crippen molar-refractivity contribution in [1.29, 1.82) is 0 Å². The zero-order chi connectivity index (χ0) is 36.6. The quantitative estimate of drug-likeness (QED) is 0.152. The highest BCUT2D eigenvalue weighted by Gasteiger charge is 2.67. The molecule has 4 aliphatic rings. The van der Waals surface area contributed by atoms with Crippen LogP contribution in [0.25, 0.3) is 0 Å². The molecule has 2 N–H and O–H groups in total. The largest absolute Gasteiger partial charge is 0.503 e. The molecule has 3 fully saturated rings. The average Bonchev–Trinajstić information content (AvgIpc) is 3.50. The van der Waals surface area contributed by atoms with Crippen LogP contribution in [-0.4, -0.2) is 35.8 Å². The van der Waals surface area contributed by atoms with E-state index in [2.05, 4.69) is 5.32 Å². The number of para-hydroxylation sites is 1. The maximum absolute atomic E-state index is 14.7. The van der Waals surface area contributed by atoms with Crippen LogP contribution in [0.15, 0.2) is 96.6 Å². The molecule has 4 amide bonds. The number of halogens is 3. The number of rotatable bonds is 6. The summed E-state index contributed by atoms with van der Waals surface area (Å²) in [5.41, 5.74) is 2.06. The number of benzene rings is 4. The Hall–Kier alpha value is -5.19. The maximum Gasteiger partial charge on any atom is 0.241 e. The summed E-state index contributed by atoms with van der Waals surface area (Å²) in [7, 11) is 1.37. The summed E-state index contributed by atoms with van der Waals surface area (Å²) >= 11 is 12.6. The topological polar surface area (TPSA) is 116 Å². The predicted molar refractivity (Wildman–Crippen MR) is 194 cm³/mol. The molecule has 8 rings (SSSR count). The second-order valence-corrected chi connectivity index (χ2v) is 14.7. The Bertz CT molecular complexity index is 2210. The SMILES string of the molecule is COc1cc([C@H]2C3=CC[C@@H]4C(=O)N(c5ccc(Nc6ccccc6)cc5)C(=O)[C@@H]4[C@@H]3C[C@H]3C(=O)N(c4ccc(F)c(Cl)c4)C(=O)[C@@]23C)cc(Cl)c1O. The second kappa shape index (κ2) is 12.5. The summed E-state index contributed by atoms with van der Waals surface area (Å²) in [6, 6.07) is 23.4. The summed E-state index contributed by atoms with van der Waals surface area (Å²) in [5, 5.41) is 13.7. The fraction of sp³-hybridized carbons (Fsp3) is 0.250. The van der Waals surface area contributed by atoms with Crippen LogP contribution in [0.1, 0.15) is 31.2 Å². The third kappa shape index (κ3) is 5.03. The van der Waals surface area contributed by atoms with E-state index in [-0.39, 0.29) is 51.9 Å². The van der Waals surface area contributed by atoms with Crippen LogP contribution in [0.4, 0.5) is 27.1 Å². The number of imide groups is 2. The molecule has 12 heteroatoms. The molecule has 1 saturated carbocycles. The smallest absolute Gasteiger partial charge is 0.241 e. The normalized spacial score (nSPS) is 26.6. The van der Waals surface area contributed by atoms with Gasteiger partial charge in [0.25, 0.3) is 0 Å². The number of amides is 4. The lowest BCUT2D eigenvalue weighted by atomic mass is 9.51. The fourth-order valence-electron chi connectivity index (χ4n) is 8.82. The lowest BCUT2D eigenvalue weighted by molar-refractivity contribution is -0.131. The number of phenols is 1. The number of carbonyl (C=O) groups excluding carboxylic acids is 4. The Balaban J connectivity index is 1.20. The molecule has 2 saturated heterocycles. The van der Waals surface area contributed by atoms with E-state index in [9.17, 15) is 28.7 Å². The minimum Gasteiger partial charge on any atom is -0.503 e. The van der Waals surface area contributed by atoms with Gasteiger partial charge in [-0.1, -0.05) is 53.1 Å². The third-order valence-electron chi connectivity index (χ3n) is 11.2. The van der Waals surface area contributed by atoms with Crippen LogP contribution in [0.5, 0.6) is 11.5 Å². The summed E-state index contributed by atoms with van der Waals surface area (Å²) in [6.07, 6.45) is 2.28. The number of nitrogens with zero attached hydrogens (tertiary/aromatic N) is 2. The molecule has 0 radical (unpaired) electrons. The maximum atomic E-state index is 14.7. The van der Waals surface area contributed by atoms with Gasteiger partial charge in [-0.05, 0) is 98.0 Å². The Morgan fingerprint density at radius 3 is 2.21 bits per heavy atom. The van der Waals surface area contributed by atoms with E-state index in [0.717, 1.165) is 27.9 Å². The summed E-state index contributed by atoms with van der Waals surface area (Å²) in [4.78, 5) is 59.9. The van der Waals surface area contributed by atoms with Gasteiger partial charge in [0.2, 0.25) is 23.6 Å². The van der Waals surface area contributed by atoms with Gasteiger partial charge in [0, 0.05) is 17.3 Å². The predicted octanol–water partition coefficient (Wildman–Crippen LogP) is 8.03. The van der Waals surface area contributed by atoms with Crippen molar-refractivity contribution in [2.24, 2.45) is 29.1 Å². The first-order valence-corrected chi connectivity index (χ1v) is 17.6. The van der Waals surface area contributed by atoms with Gasteiger partial charge in [0.1, 0.15) is 5.82 Å². The van der Waals surface area contributed by atoms with Crippen LogP contribution in [0, 0.1) is 34.9 Å². The number of ether oxygens (including phenoxy) is 1. The molecule has 52 heavy (non-hydrogen) atoms. The zero-order valence-corrected chi connectivity index (χ0v) is 29.5. The molecule has 9 nitrogen and oxygen atoms in total. The monoisotopic (exact) mass is 739 g/mol. The lowest BCUT2D eigenvalue weighted by Gasteiger charge is -2.49. The first-order valence-electron chi connectivity index (χ1n) is 16.8. The minimum absolute atomic E-state index is 0.0200. The molecule has 4 aromatic rings. The molecular formula is C40H32Cl2FN3O6. The average molecular weight is 741 g/mol. The minimum atomic E-state index is -1.40. The van der Waals surface area contributed by atoms with E-state index in [1.54, 1.807) is 37.3 Å². The van der Waals surface area contributed by atoms with Gasteiger partial charge in [-0.15, -0.1) is 0 Å². The number of nitrogens with one attached hydrogen (secondary N) is 1. The summed E-state index contributed by atoms with van der Waals surface area (Å²) in [6.45, 7) is 1.71. The zero-order valence-electron chi connectivity index (χ0n) is 28.0. The first kappa shape index (κ1) is 33.9. The van der Waals surface area contributed by atoms with Gasteiger partial charge in [0.15, 0.2) is 11.5 Å². The number of fused-ring (bicyclic) bond motifs is 4. The van der Waals surface area contributed by atoms with Crippen molar-refractivity contribution in [2.45, 2.75) is 25.7 Å². The Morgan fingerprint density at radius 1 is 0.827 bits per heavy atom. The van der Waals surface area contributed by atoms with Crippen LogP contribution in [0.2, 0.25) is 10.0 Å². The van der Waals surface area contributed by atoms with E-state index < -0.39 is 52.6 Å². The standard InChI is InChI=1S/C40H32Cl2FN3O6/c1-40-28(37(49)46(39(40)51)24-12-15-31(43)29(41)18-24)19-27-25(34(40)20-16-30(42)35(47)32(17-20)52-2)13-14-26-33(27)38(50)45(36(26)48)23-10-8-22(9-11-23)44-21-6-4-3-5-7-21/h3-13,15-18,26-28,33-34,44,47H,14,19H2,1-2H3/t26-,27+,28-,33-,34-,40+/m0/s1. The van der Waals surface area contributed by atoms with Crippen molar-refractivity contribution in [3.8, 4) is 11.5 Å². The highest BCUT2D eigenvalue weighted by Crippen LogP contribution is 2.64. The van der Waals surface area contributed by atoms with E-state index in [4.69, 9.17) is 27.9 Å². The van der Waals surface area contributed by atoms with Gasteiger partial charge < -0.3 is 15.2 Å². The van der Waals surface area contributed by atoms with Crippen molar-refractivity contribution >= 4 is 69.6 Å². The molecule has 0 bridgehead atoms. The first-order chi connectivity index (χ1) is 24.9. The van der Waals surface area contributed by atoms with Crippen molar-refractivity contribution in [2.75, 3.05) is 22.2 Å². The van der Waals surface area contributed by atoms with Gasteiger partial charge >= 0.3 is 0 Å². The molecule has 2 aliphatic carbocycles. The third-order valence-corrected chi connectivity index (χ3v) is 11.8. The molecule has 2 heterocycles. The van der Waals surface area contributed by atoms with E-state index in [1.807, 2.05) is 36.4 Å². The molecule has 0 unspecified atom stereocenters. The highest BCUT2D eigenvalue weighted by atomic mass is 35.5. The van der Waals surface area contributed by atoms with E-state index in [0.29, 0.717) is 11.3 Å². The molecule has 6 atom stereocenters. The molecule has 264 valence electrons. The van der Waals surface area contributed by atoms with Gasteiger partial charge in [-0.2, -0.15) is 0 Å². The summed E-state index contributed by atoms with van der Waals surface area (Å²) in [5.74, 6) is -6.47. The van der Waals surface area contributed by atoms with Gasteiger partial charge in [-0.25, -0.2) is 9.29 Å². The Labute approximate surface area is 308 Å². The van der Waals surface area contributed by atoms with E-state index >= 15 is 0 Å². The second-order valence-electron chi connectivity index (χ2n) is 13.9. The number of phenolic OH excluding ortho intramolecular Hbond substituents is 1. The molecule has 0 aromatic heterocycles. The number of methoxy groups -OCH3 is 1. The lowest BCUT2D eigenvalue weighted by Crippen LogP contribution is -2.48. The number of carbonyl (C=O) groups is 4. The molecule has 4 aromatic carbocycles. The molecule has 0 spiro atoms. The number of hydrogen-bond acceptors (Lipinski definition) is 7. The Morgan fingerprint density at radius 2 is 1.52 bits per heavy atom. The number of aromatic hydroxyl groups is 1. The highest BCUT2D eigenvalue weighted by molar-refractivity contribution is 6.32. The van der Waals surface area contributed by atoms with Crippen LogP contribution in [-0.2, 0) is 19.2 Å². The van der Waals surface area contributed by atoms with Crippen LogP contribution >= 0.6 is 23.2 Å². The number of anilines is 4. The Kier molecular flexibility index (Phi) is 8.15. The van der Waals surface area contributed by atoms with Gasteiger partial charge in [0.05, 0.1) is 51.7 Å². The van der Waals surface area contributed by atoms with E-state index in [1.165, 1.54) is 30.2 Å². The van der Waals surface area contributed by atoms with Crippen molar-refractivity contribution < 1.29 is 33.4 Å². The fourth-order valence-corrected chi connectivity index (χ4v) is 9.21.